The Kier molecular flexibility index (Phi) is 8.71. The molecule has 0 aromatic heterocycles. The van der Waals surface area contributed by atoms with Gasteiger partial charge in [-0.3, -0.25) is 9.59 Å². The molecule has 1 saturated heterocycles. The summed E-state index contributed by atoms with van der Waals surface area (Å²) in [6.07, 6.45) is 8.02. The molecule has 0 spiro atoms. The van der Waals surface area contributed by atoms with Crippen molar-refractivity contribution in [2.45, 2.75) is 63.7 Å². The summed E-state index contributed by atoms with van der Waals surface area (Å²) in [5.41, 5.74) is 0.473. The second-order valence-electron chi connectivity index (χ2n) is 8.83. The van der Waals surface area contributed by atoms with Crippen molar-refractivity contribution in [3.63, 3.8) is 0 Å². The SMILES string of the molecule is CCN(CC)S(=O)(=O)c1ccc(C(=O)N2CCN(C(=O)CCC3CCCCC3)CC2)cc1. The van der Waals surface area contributed by atoms with Gasteiger partial charge in [0.15, 0.2) is 0 Å². The van der Waals surface area contributed by atoms with Gasteiger partial charge in [-0.05, 0) is 36.6 Å². The van der Waals surface area contributed by atoms with Crippen LogP contribution in [0.3, 0.4) is 0 Å². The van der Waals surface area contributed by atoms with Gasteiger partial charge in [0.2, 0.25) is 15.9 Å². The average Bonchev–Trinajstić information content (AvgIpc) is 2.83. The highest BCUT2D eigenvalue weighted by Crippen LogP contribution is 2.27. The summed E-state index contributed by atoms with van der Waals surface area (Å²) in [5, 5.41) is 0. The predicted molar refractivity (Wildman–Crippen MR) is 125 cm³/mol. The van der Waals surface area contributed by atoms with Crippen molar-refractivity contribution >= 4 is 21.8 Å². The predicted octanol–water partition coefficient (Wildman–Crippen LogP) is 3.36. The summed E-state index contributed by atoms with van der Waals surface area (Å²) in [6.45, 7) is 6.55. The Bertz CT molecular complexity index is 867. The Morgan fingerprint density at radius 1 is 0.906 bits per heavy atom. The second-order valence-corrected chi connectivity index (χ2v) is 10.8. The molecular formula is C24H37N3O4S. The van der Waals surface area contributed by atoms with E-state index in [9.17, 15) is 18.0 Å². The van der Waals surface area contributed by atoms with Gasteiger partial charge >= 0.3 is 0 Å². The van der Waals surface area contributed by atoms with Crippen LogP contribution in [-0.4, -0.2) is 73.6 Å². The Labute approximate surface area is 192 Å². The van der Waals surface area contributed by atoms with Crippen LogP contribution >= 0.6 is 0 Å². The topological polar surface area (TPSA) is 78.0 Å². The minimum absolute atomic E-state index is 0.119. The minimum atomic E-state index is -3.53. The van der Waals surface area contributed by atoms with Crippen molar-refractivity contribution in [3.05, 3.63) is 29.8 Å². The van der Waals surface area contributed by atoms with Crippen LogP contribution in [0.1, 0.15) is 69.2 Å². The van der Waals surface area contributed by atoms with E-state index in [0.29, 0.717) is 57.2 Å². The Hall–Kier alpha value is -1.93. The Morgan fingerprint density at radius 3 is 2.03 bits per heavy atom. The molecule has 1 aromatic rings. The number of carbonyl (C=O) groups is 2. The van der Waals surface area contributed by atoms with Gasteiger partial charge in [0, 0.05) is 51.3 Å². The molecule has 0 radical (unpaired) electrons. The Morgan fingerprint density at radius 2 is 1.47 bits per heavy atom. The van der Waals surface area contributed by atoms with Gasteiger partial charge < -0.3 is 9.80 Å². The van der Waals surface area contributed by atoms with Gasteiger partial charge in [-0.1, -0.05) is 46.0 Å². The number of amides is 2. The van der Waals surface area contributed by atoms with Crippen molar-refractivity contribution < 1.29 is 18.0 Å². The molecule has 2 aliphatic rings. The lowest BCUT2D eigenvalue weighted by Crippen LogP contribution is -2.50. The quantitative estimate of drug-likeness (QED) is 0.592. The van der Waals surface area contributed by atoms with E-state index in [0.717, 1.165) is 6.42 Å². The summed E-state index contributed by atoms with van der Waals surface area (Å²) < 4.78 is 26.6. The molecule has 178 valence electrons. The highest BCUT2D eigenvalue weighted by Gasteiger charge is 2.26. The molecule has 1 aromatic carbocycles. The molecule has 8 heteroatoms. The zero-order chi connectivity index (χ0) is 23.1. The first-order valence-corrected chi connectivity index (χ1v) is 13.5. The van der Waals surface area contributed by atoms with E-state index in [1.165, 1.54) is 48.5 Å². The number of carbonyl (C=O) groups excluding carboxylic acids is 2. The van der Waals surface area contributed by atoms with E-state index < -0.39 is 10.0 Å². The van der Waals surface area contributed by atoms with E-state index in [1.807, 2.05) is 4.90 Å². The maximum Gasteiger partial charge on any atom is 0.253 e. The summed E-state index contributed by atoms with van der Waals surface area (Å²) in [6, 6.07) is 6.18. The minimum Gasteiger partial charge on any atom is -0.339 e. The van der Waals surface area contributed by atoms with E-state index in [4.69, 9.17) is 0 Å². The number of rotatable bonds is 8. The zero-order valence-electron chi connectivity index (χ0n) is 19.5. The Balaban J connectivity index is 1.51. The molecule has 1 aliphatic heterocycles. The van der Waals surface area contributed by atoms with Crippen molar-refractivity contribution in [1.29, 1.82) is 0 Å². The fourth-order valence-electron chi connectivity index (χ4n) is 4.79. The molecular weight excluding hydrogens is 426 g/mol. The lowest BCUT2D eigenvalue weighted by Gasteiger charge is -2.35. The number of benzene rings is 1. The van der Waals surface area contributed by atoms with Crippen molar-refractivity contribution in [2.75, 3.05) is 39.3 Å². The normalized spacial score (nSPS) is 18.2. The third-order valence-electron chi connectivity index (χ3n) is 6.86. The van der Waals surface area contributed by atoms with Gasteiger partial charge in [0.25, 0.3) is 5.91 Å². The van der Waals surface area contributed by atoms with E-state index in [2.05, 4.69) is 0 Å². The lowest BCUT2D eigenvalue weighted by atomic mass is 9.86. The summed E-state index contributed by atoms with van der Waals surface area (Å²) in [4.78, 5) is 29.3. The first-order chi connectivity index (χ1) is 15.4. The number of hydrogen-bond donors (Lipinski definition) is 0. The second kappa shape index (κ2) is 11.3. The first kappa shape index (κ1) is 24.7. The third-order valence-corrected chi connectivity index (χ3v) is 8.92. The molecule has 0 atom stereocenters. The van der Waals surface area contributed by atoms with Crippen molar-refractivity contribution in [2.24, 2.45) is 5.92 Å². The van der Waals surface area contributed by atoms with Crippen LogP contribution in [0.4, 0.5) is 0 Å². The molecule has 1 saturated carbocycles. The van der Waals surface area contributed by atoms with Crippen LogP contribution in [0, 0.1) is 5.92 Å². The van der Waals surface area contributed by atoms with Gasteiger partial charge in [-0.15, -0.1) is 0 Å². The number of piperazine rings is 1. The van der Waals surface area contributed by atoms with Gasteiger partial charge in [-0.2, -0.15) is 4.31 Å². The maximum absolute atomic E-state index is 12.9. The smallest absolute Gasteiger partial charge is 0.253 e. The van der Waals surface area contributed by atoms with Crippen LogP contribution in [0.15, 0.2) is 29.2 Å². The standard InChI is InChI=1S/C24H37N3O4S/c1-3-27(4-2)32(30,31)22-13-11-21(12-14-22)24(29)26-18-16-25(17-19-26)23(28)15-10-20-8-6-5-7-9-20/h11-14,20H,3-10,15-19H2,1-2H3. The number of hydrogen-bond acceptors (Lipinski definition) is 4. The molecule has 0 unspecified atom stereocenters. The van der Waals surface area contributed by atoms with E-state index >= 15 is 0 Å². The van der Waals surface area contributed by atoms with Gasteiger partial charge in [0.1, 0.15) is 0 Å². The molecule has 2 amide bonds. The molecule has 0 bridgehead atoms. The monoisotopic (exact) mass is 463 g/mol. The van der Waals surface area contributed by atoms with Crippen molar-refractivity contribution in [3.8, 4) is 0 Å². The molecule has 7 nitrogen and oxygen atoms in total. The average molecular weight is 464 g/mol. The van der Waals surface area contributed by atoms with E-state index in [1.54, 1.807) is 30.9 Å². The summed E-state index contributed by atoms with van der Waals surface area (Å²) in [5.74, 6) is 0.781. The third kappa shape index (κ3) is 5.90. The fraction of sp³-hybridized carbons (Fsp3) is 0.667. The number of sulfonamides is 1. The van der Waals surface area contributed by atoms with E-state index in [-0.39, 0.29) is 16.7 Å². The van der Waals surface area contributed by atoms with Crippen LogP contribution in [0.25, 0.3) is 0 Å². The van der Waals surface area contributed by atoms with Crippen LogP contribution < -0.4 is 0 Å². The van der Waals surface area contributed by atoms with Crippen molar-refractivity contribution in [1.82, 2.24) is 14.1 Å². The lowest BCUT2D eigenvalue weighted by molar-refractivity contribution is -0.133. The largest absolute Gasteiger partial charge is 0.339 e. The van der Waals surface area contributed by atoms with Crippen LogP contribution in [0.2, 0.25) is 0 Å². The molecule has 1 aliphatic carbocycles. The summed E-state index contributed by atoms with van der Waals surface area (Å²) >= 11 is 0. The molecule has 32 heavy (non-hydrogen) atoms. The maximum atomic E-state index is 12.9. The molecule has 1 heterocycles. The van der Waals surface area contributed by atoms with Gasteiger partial charge in [0.05, 0.1) is 4.90 Å². The van der Waals surface area contributed by atoms with Crippen LogP contribution in [0.5, 0.6) is 0 Å². The highest BCUT2D eigenvalue weighted by molar-refractivity contribution is 7.89. The fourth-order valence-corrected chi connectivity index (χ4v) is 6.24. The highest BCUT2D eigenvalue weighted by atomic mass is 32.2. The molecule has 2 fully saturated rings. The molecule has 0 N–H and O–H groups in total. The first-order valence-electron chi connectivity index (χ1n) is 12.0. The number of nitrogens with zero attached hydrogens (tertiary/aromatic N) is 3. The summed E-state index contributed by atoms with van der Waals surface area (Å²) in [7, 11) is -3.53. The van der Waals surface area contributed by atoms with Crippen LogP contribution in [-0.2, 0) is 14.8 Å². The van der Waals surface area contributed by atoms with Gasteiger partial charge in [-0.25, -0.2) is 8.42 Å². The zero-order valence-corrected chi connectivity index (χ0v) is 20.3. The molecule has 3 rings (SSSR count).